The second-order valence-corrected chi connectivity index (χ2v) is 5.14. The normalized spacial score (nSPS) is 12.2. The van der Waals surface area contributed by atoms with Gasteiger partial charge in [0.2, 0.25) is 0 Å². The second-order valence-electron chi connectivity index (χ2n) is 5.14. The molecule has 3 N–H and O–H groups in total. The third-order valence-electron chi connectivity index (χ3n) is 3.59. The maximum atomic E-state index is 12.3. The Hall–Kier alpha value is -2.14. The predicted octanol–water partition coefficient (Wildman–Crippen LogP) is 1.93. The molecule has 0 radical (unpaired) electrons. The minimum absolute atomic E-state index is 0.0655. The van der Waals surface area contributed by atoms with Gasteiger partial charge in [0.05, 0.1) is 11.7 Å². The Balaban J connectivity index is 2.08. The molecule has 1 heterocycles. The third kappa shape index (κ3) is 3.49. The zero-order chi connectivity index (χ0) is 15.4. The van der Waals surface area contributed by atoms with Gasteiger partial charge in [-0.15, -0.1) is 0 Å². The van der Waals surface area contributed by atoms with Crippen molar-refractivity contribution in [3.63, 3.8) is 0 Å². The lowest BCUT2D eigenvalue weighted by Crippen LogP contribution is -2.28. The highest BCUT2D eigenvalue weighted by Gasteiger charge is 2.15. The van der Waals surface area contributed by atoms with Gasteiger partial charge in [0.15, 0.2) is 0 Å². The van der Waals surface area contributed by atoms with Crippen LogP contribution in [0.25, 0.3) is 0 Å². The molecule has 0 aliphatic heterocycles. The van der Waals surface area contributed by atoms with Crippen molar-refractivity contribution >= 4 is 5.91 Å². The molecule has 1 aromatic heterocycles. The molecular weight excluding hydrogens is 264 g/mol. The van der Waals surface area contributed by atoms with Gasteiger partial charge in [-0.05, 0) is 30.5 Å². The standard InChI is InChI=1S/C16H22N4O/c1-4-14-9-15(20(3)19-14)16(21)18-11(2)13-7-5-12(10-17)6-8-13/h5-9,11H,4,10,17H2,1-3H3,(H,18,21). The van der Waals surface area contributed by atoms with Gasteiger partial charge >= 0.3 is 0 Å². The monoisotopic (exact) mass is 286 g/mol. The zero-order valence-corrected chi connectivity index (χ0v) is 12.8. The molecule has 1 aromatic carbocycles. The smallest absolute Gasteiger partial charge is 0.270 e. The molecule has 0 saturated heterocycles. The quantitative estimate of drug-likeness (QED) is 0.882. The molecule has 21 heavy (non-hydrogen) atoms. The van der Waals surface area contributed by atoms with Crippen LogP contribution in [0.3, 0.4) is 0 Å². The van der Waals surface area contributed by atoms with Crippen molar-refractivity contribution in [3.8, 4) is 0 Å². The van der Waals surface area contributed by atoms with Gasteiger partial charge in [-0.3, -0.25) is 9.48 Å². The number of carbonyl (C=O) groups excluding carboxylic acids is 1. The van der Waals surface area contributed by atoms with Crippen molar-refractivity contribution in [2.24, 2.45) is 12.8 Å². The summed E-state index contributed by atoms with van der Waals surface area (Å²) in [5.41, 5.74) is 9.22. The Morgan fingerprint density at radius 1 is 1.38 bits per heavy atom. The highest BCUT2D eigenvalue weighted by molar-refractivity contribution is 5.92. The van der Waals surface area contributed by atoms with Gasteiger partial charge in [-0.1, -0.05) is 31.2 Å². The van der Waals surface area contributed by atoms with Crippen molar-refractivity contribution in [1.29, 1.82) is 0 Å². The van der Waals surface area contributed by atoms with E-state index in [2.05, 4.69) is 10.4 Å². The van der Waals surface area contributed by atoms with Crippen LogP contribution >= 0.6 is 0 Å². The van der Waals surface area contributed by atoms with Crippen LogP contribution in [0.4, 0.5) is 0 Å². The van der Waals surface area contributed by atoms with Crippen LogP contribution in [0.1, 0.15) is 47.2 Å². The molecule has 1 atom stereocenters. The molecule has 112 valence electrons. The van der Waals surface area contributed by atoms with E-state index in [1.165, 1.54) is 0 Å². The summed E-state index contributed by atoms with van der Waals surface area (Å²) in [5, 5.41) is 7.29. The SMILES string of the molecule is CCc1cc(C(=O)NC(C)c2ccc(CN)cc2)n(C)n1. The largest absolute Gasteiger partial charge is 0.344 e. The molecule has 0 spiro atoms. The first-order chi connectivity index (χ1) is 10.0. The second kappa shape index (κ2) is 6.54. The minimum atomic E-state index is -0.111. The van der Waals surface area contributed by atoms with E-state index < -0.39 is 0 Å². The van der Waals surface area contributed by atoms with E-state index in [0.717, 1.165) is 23.2 Å². The molecule has 5 heteroatoms. The number of amides is 1. The van der Waals surface area contributed by atoms with Crippen molar-refractivity contribution in [2.75, 3.05) is 0 Å². The highest BCUT2D eigenvalue weighted by atomic mass is 16.2. The number of aromatic nitrogens is 2. The summed E-state index contributed by atoms with van der Waals surface area (Å²) >= 11 is 0. The molecule has 1 amide bonds. The minimum Gasteiger partial charge on any atom is -0.344 e. The summed E-state index contributed by atoms with van der Waals surface area (Å²) in [5.74, 6) is -0.111. The van der Waals surface area contributed by atoms with Crippen LogP contribution in [-0.2, 0) is 20.0 Å². The van der Waals surface area contributed by atoms with Gasteiger partial charge in [-0.25, -0.2) is 0 Å². The third-order valence-corrected chi connectivity index (χ3v) is 3.59. The summed E-state index contributed by atoms with van der Waals surface area (Å²) in [6.07, 6.45) is 0.817. The van der Waals surface area contributed by atoms with Crippen LogP contribution in [0.5, 0.6) is 0 Å². The van der Waals surface area contributed by atoms with E-state index in [-0.39, 0.29) is 11.9 Å². The van der Waals surface area contributed by atoms with Crippen LogP contribution in [0.2, 0.25) is 0 Å². The number of rotatable bonds is 5. The Kier molecular flexibility index (Phi) is 4.75. The Morgan fingerprint density at radius 2 is 2.05 bits per heavy atom. The van der Waals surface area contributed by atoms with Gasteiger partial charge in [0.1, 0.15) is 5.69 Å². The number of nitrogens with two attached hydrogens (primary N) is 1. The first-order valence-electron chi connectivity index (χ1n) is 7.17. The maximum absolute atomic E-state index is 12.3. The summed E-state index contributed by atoms with van der Waals surface area (Å²) in [4.78, 5) is 12.3. The Morgan fingerprint density at radius 3 is 2.57 bits per heavy atom. The first kappa shape index (κ1) is 15.3. The van der Waals surface area contributed by atoms with Gasteiger partial charge < -0.3 is 11.1 Å². The van der Waals surface area contributed by atoms with E-state index >= 15 is 0 Å². The molecule has 1 unspecified atom stereocenters. The van der Waals surface area contributed by atoms with E-state index in [9.17, 15) is 4.79 Å². The number of aryl methyl sites for hydroxylation is 2. The summed E-state index contributed by atoms with van der Waals surface area (Å²) in [6, 6.07) is 9.72. The van der Waals surface area contributed by atoms with Crippen molar-refractivity contribution in [2.45, 2.75) is 32.9 Å². The molecule has 0 fully saturated rings. The van der Waals surface area contributed by atoms with E-state index in [1.54, 1.807) is 11.7 Å². The number of nitrogens with one attached hydrogen (secondary N) is 1. The molecular formula is C16H22N4O. The average Bonchev–Trinajstić information content (AvgIpc) is 2.88. The molecule has 0 aliphatic rings. The molecule has 2 rings (SSSR count). The molecule has 5 nitrogen and oxygen atoms in total. The highest BCUT2D eigenvalue weighted by Crippen LogP contribution is 2.14. The fourth-order valence-electron chi connectivity index (χ4n) is 2.21. The maximum Gasteiger partial charge on any atom is 0.270 e. The van der Waals surface area contributed by atoms with Crippen molar-refractivity contribution in [3.05, 3.63) is 52.8 Å². The number of benzene rings is 1. The zero-order valence-electron chi connectivity index (χ0n) is 12.8. The van der Waals surface area contributed by atoms with Gasteiger partial charge in [-0.2, -0.15) is 5.10 Å². The number of hydrogen-bond acceptors (Lipinski definition) is 3. The topological polar surface area (TPSA) is 72.9 Å². The lowest BCUT2D eigenvalue weighted by atomic mass is 10.1. The number of carbonyl (C=O) groups is 1. The summed E-state index contributed by atoms with van der Waals surface area (Å²) < 4.78 is 1.62. The van der Waals surface area contributed by atoms with E-state index in [4.69, 9.17) is 5.73 Å². The molecule has 0 saturated carbocycles. The van der Waals surface area contributed by atoms with Crippen LogP contribution in [-0.4, -0.2) is 15.7 Å². The number of hydrogen-bond donors (Lipinski definition) is 2. The molecule has 2 aromatic rings. The van der Waals surface area contributed by atoms with E-state index in [1.807, 2.05) is 44.2 Å². The Labute approximate surface area is 125 Å². The van der Waals surface area contributed by atoms with Crippen LogP contribution < -0.4 is 11.1 Å². The lowest BCUT2D eigenvalue weighted by molar-refractivity contribution is 0.0930. The predicted molar refractivity (Wildman–Crippen MR) is 82.8 cm³/mol. The molecule has 0 aliphatic carbocycles. The van der Waals surface area contributed by atoms with Crippen molar-refractivity contribution in [1.82, 2.24) is 15.1 Å². The fourth-order valence-corrected chi connectivity index (χ4v) is 2.21. The van der Waals surface area contributed by atoms with Crippen molar-refractivity contribution < 1.29 is 4.79 Å². The molecule has 0 bridgehead atoms. The van der Waals surface area contributed by atoms with Crippen LogP contribution in [0, 0.1) is 0 Å². The fraction of sp³-hybridized carbons (Fsp3) is 0.375. The summed E-state index contributed by atoms with van der Waals surface area (Å²) in [6.45, 7) is 4.51. The average molecular weight is 286 g/mol. The van der Waals surface area contributed by atoms with Crippen LogP contribution in [0.15, 0.2) is 30.3 Å². The summed E-state index contributed by atoms with van der Waals surface area (Å²) in [7, 11) is 1.79. The Bertz CT molecular complexity index is 616. The number of nitrogens with zero attached hydrogens (tertiary/aromatic N) is 2. The first-order valence-corrected chi connectivity index (χ1v) is 7.17. The lowest BCUT2D eigenvalue weighted by Gasteiger charge is -2.14. The van der Waals surface area contributed by atoms with E-state index in [0.29, 0.717) is 12.2 Å². The van der Waals surface area contributed by atoms with Gasteiger partial charge in [0.25, 0.3) is 5.91 Å². The van der Waals surface area contributed by atoms with Gasteiger partial charge in [0, 0.05) is 13.6 Å².